The van der Waals surface area contributed by atoms with E-state index in [1.165, 1.54) is 72.0 Å². The highest BCUT2D eigenvalue weighted by atomic mass is 16.3. The van der Waals surface area contributed by atoms with Crippen LogP contribution in [0.4, 0.5) is 17.1 Å². The molecule has 9 aromatic carbocycles. The summed E-state index contributed by atoms with van der Waals surface area (Å²) in [6, 6.07) is 69.5. The van der Waals surface area contributed by atoms with E-state index in [1.807, 2.05) is 6.07 Å². The molecule has 0 N–H and O–H groups in total. The summed E-state index contributed by atoms with van der Waals surface area (Å²) in [5.74, 6) is 0. The molecule has 0 spiro atoms. The first-order valence-electron chi connectivity index (χ1n) is 21.1. The molecule has 0 fully saturated rings. The predicted molar refractivity (Wildman–Crippen MR) is 252 cm³/mol. The molecule has 0 radical (unpaired) electrons. The molecule has 2 aliphatic carbocycles. The van der Waals surface area contributed by atoms with Crippen LogP contribution in [0.15, 0.2) is 192 Å². The molecule has 0 saturated carbocycles. The molecule has 12 rings (SSSR count). The Hall–Kier alpha value is -7.16. The van der Waals surface area contributed by atoms with E-state index in [9.17, 15) is 0 Å². The normalized spacial score (nSPS) is 14.3. The van der Waals surface area contributed by atoms with Crippen LogP contribution in [-0.2, 0) is 10.8 Å². The zero-order chi connectivity index (χ0) is 40.3. The Labute approximate surface area is 351 Å². The molecule has 2 aliphatic rings. The third kappa shape index (κ3) is 5.01. The van der Waals surface area contributed by atoms with E-state index in [4.69, 9.17) is 4.42 Å². The molecule has 1 heterocycles. The number of para-hydroxylation sites is 1. The molecule has 2 nitrogen and oxygen atoms in total. The first-order valence-corrected chi connectivity index (χ1v) is 21.1. The van der Waals surface area contributed by atoms with E-state index >= 15 is 0 Å². The summed E-state index contributed by atoms with van der Waals surface area (Å²) in [6.07, 6.45) is 0. The van der Waals surface area contributed by atoms with Gasteiger partial charge in [-0.2, -0.15) is 0 Å². The minimum atomic E-state index is -0.135. The highest BCUT2D eigenvalue weighted by Gasteiger charge is 2.37. The van der Waals surface area contributed by atoms with E-state index in [1.54, 1.807) is 0 Å². The number of nitrogens with zero attached hydrogens (tertiary/aromatic N) is 1. The van der Waals surface area contributed by atoms with E-state index in [0.29, 0.717) is 0 Å². The lowest BCUT2D eigenvalue weighted by Crippen LogP contribution is -2.16. The van der Waals surface area contributed by atoms with Gasteiger partial charge in [0.1, 0.15) is 11.2 Å². The minimum absolute atomic E-state index is 0.0508. The van der Waals surface area contributed by atoms with Crippen molar-refractivity contribution in [3.63, 3.8) is 0 Å². The van der Waals surface area contributed by atoms with Crippen molar-refractivity contribution in [2.75, 3.05) is 4.90 Å². The zero-order valence-corrected chi connectivity index (χ0v) is 34.3. The number of benzene rings is 9. The lowest BCUT2D eigenvalue weighted by molar-refractivity contribution is 0.660. The molecule has 0 atom stereocenters. The molecule has 1 aromatic heterocycles. The largest absolute Gasteiger partial charge is 0.456 e. The molecule has 0 saturated heterocycles. The molecule has 286 valence electrons. The third-order valence-electron chi connectivity index (χ3n) is 13.7. The van der Waals surface area contributed by atoms with Crippen LogP contribution >= 0.6 is 0 Å². The highest BCUT2D eigenvalue weighted by Crippen LogP contribution is 2.53. The van der Waals surface area contributed by atoms with Gasteiger partial charge in [0.25, 0.3) is 0 Å². The predicted octanol–water partition coefficient (Wildman–Crippen LogP) is 16.2. The Morgan fingerprint density at radius 1 is 0.350 bits per heavy atom. The Balaban J connectivity index is 1.06. The summed E-state index contributed by atoms with van der Waals surface area (Å²) in [5, 5.41) is 4.73. The molecule has 2 heteroatoms. The zero-order valence-electron chi connectivity index (χ0n) is 34.3. The summed E-state index contributed by atoms with van der Waals surface area (Å²) in [7, 11) is 0. The minimum Gasteiger partial charge on any atom is -0.456 e. The van der Waals surface area contributed by atoms with Gasteiger partial charge in [-0.3, -0.25) is 0 Å². The van der Waals surface area contributed by atoms with Gasteiger partial charge >= 0.3 is 0 Å². The summed E-state index contributed by atoms with van der Waals surface area (Å²) < 4.78 is 6.50. The van der Waals surface area contributed by atoms with Crippen LogP contribution in [0.1, 0.15) is 49.9 Å². The second kappa shape index (κ2) is 12.7. The summed E-state index contributed by atoms with van der Waals surface area (Å²) in [5.41, 5.74) is 20.5. The lowest BCUT2D eigenvalue weighted by Gasteiger charge is -2.28. The van der Waals surface area contributed by atoms with Gasteiger partial charge in [-0.05, 0) is 126 Å². The maximum atomic E-state index is 6.50. The number of hydrogen-bond donors (Lipinski definition) is 0. The van der Waals surface area contributed by atoms with Crippen LogP contribution in [0.5, 0.6) is 0 Å². The van der Waals surface area contributed by atoms with E-state index in [-0.39, 0.29) is 10.8 Å². The van der Waals surface area contributed by atoms with Crippen molar-refractivity contribution in [1.29, 1.82) is 0 Å². The molecule has 0 bridgehead atoms. The summed E-state index contributed by atoms with van der Waals surface area (Å²) in [6.45, 7) is 9.41. The molecular formula is C58H43NO. The van der Waals surface area contributed by atoms with Crippen molar-refractivity contribution < 1.29 is 4.42 Å². The van der Waals surface area contributed by atoms with Gasteiger partial charge < -0.3 is 9.32 Å². The number of furan rings is 1. The molecular weight excluding hydrogens is 727 g/mol. The average Bonchev–Trinajstić information content (AvgIpc) is 3.85. The van der Waals surface area contributed by atoms with Crippen LogP contribution in [-0.4, -0.2) is 0 Å². The van der Waals surface area contributed by atoms with Crippen LogP contribution in [0.3, 0.4) is 0 Å². The van der Waals surface area contributed by atoms with Gasteiger partial charge in [0.15, 0.2) is 0 Å². The summed E-state index contributed by atoms with van der Waals surface area (Å²) >= 11 is 0. The molecule has 0 amide bonds. The maximum absolute atomic E-state index is 6.50. The summed E-state index contributed by atoms with van der Waals surface area (Å²) in [4.78, 5) is 2.41. The van der Waals surface area contributed by atoms with E-state index in [0.717, 1.165) is 44.6 Å². The fourth-order valence-corrected chi connectivity index (χ4v) is 10.6. The Kier molecular flexibility index (Phi) is 7.36. The first-order chi connectivity index (χ1) is 29.3. The number of rotatable bonds is 5. The fourth-order valence-electron chi connectivity index (χ4n) is 10.6. The van der Waals surface area contributed by atoms with E-state index < -0.39 is 0 Å². The second-order valence-corrected chi connectivity index (χ2v) is 17.7. The van der Waals surface area contributed by atoms with Gasteiger partial charge in [-0.25, -0.2) is 0 Å². The van der Waals surface area contributed by atoms with Crippen LogP contribution < -0.4 is 4.90 Å². The van der Waals surface area contributed by atoms with Crippen molar-refractivity contribution in [1.82, 2.24) is 0 Å². The number of hydrogen-bond acceptors (Lipinski definition) is 2. The molecule has 0 aliphatic heterocycles. The Morgan fingerprint density at radius 3 is 1.78 bits per heavy atom. The number of fused-ring (bicyclic) bond motifs is 10. The highest BCUT2D eigenvalue weighted by molar-refractivity contribution is 6.07. The number of anilines is 3. The molecule has 10 aromatic rings. The maximum Gasteiger partial charge on any atom is 0.137 e. The van der Waals surface area contributed by atoms with Gasteiger partial charge in [0.05, 0.1) is 0 Å². The second-order valence-electron chi connectivity index (χ2n) is 17.7. The van der Waals surface area contributed by atoms with E-state index in [2.05, 4.69) is 215 Å². The van der Waals surface area contributed by atoms with Gasteiger partial charge in [0.2, 0.25) is 0 Å². The van der Waals surface area contributed by atoms with Crippen molar-refractivity contribution in [2.45, 2.75) is 38.5 Å². The standard InChI is InChI=1S/C58H43NO/c1-57(2)51-22-11-8-19-45(51)49-33-38(25-31-52(49)57)56-42-17-6-5-14-36(42)24-28-43(56)37-15-13-16-39(32-37)59(41-27-30-48-47-20-9-12-23-54(47)60-55(48)35-41)40-26-29-46-44-18-7-10-21-50(44)58(3,4)53(46)34-40/h5-35H,1-4H3. The molecule has 0 unspecified atom stereocenters. The van der Waals surface area contributed by atoms with Crippen LogP contribution in [0, 0.1) is 0 Å². The molecule has 60 heavy (non-hydrogen) atoms. The fraction of sp³-hybridized carbons (Fsp3) is 0.103. The van der Waals surface area contributed by atoms with Crippen molar-refractivity contribution in [2.24, 2.45) is 0 Å². The van der Waals surface area contributed by atoms with Crippen molar-refractivity contribution >= 4 is 49.8 Å². The van der Waals surface area contributed by atoms with Crippen LogP contribution in [0.2, 0.25) is 0 Å². The third-order valence-corrected chi connectivity index (χ3v) is 13.7. The SMILES string of the molecule is CC1(C)c2ccccc2-c2cc(-c3c(-c4cccc(N(c5ccc6c(c5)C(C)(C)c5ccccc5-6)c5ccc6c(c5)oc5ccccc56)c4)ccc4ccccc34)ccc21. The van der Waals surface area contributed by atoms with Crippen molar-refractivity contribution in [3.05, 3.63) is 210 Å². The Morgan fingerprint density at radius 2 is 0.950 bits per heavy atom. The lowest BCUT2D eigenvalue weighted by atomic mass is 9.81. The van der Waals surface area contributed by atoms with Gasteiger partial charge in [0, 0.05) is 44.7 Å². The van der Waals surface area contributed by atoms with Crippen molar-refractivity contribution in [3.8, 4) is 44.5 Å². The smallest absolute Gasteiger partial charge is 0.137 e. The monoisotopic (exact) mass is 769 g/mol. The quantitative estimate of drug-likeness (QED) is 0.173. The topological polar surface area (TPSA) is 16.4 Å². The Bertz CT molecular complexity index is 3400. The van der Waals surface area contributed by atoms with Gasteiger partial charge in [-0.1, -0.05) is 161 Å². The van der Waals surface area contributed by atoms with Gasteiger partial charge in [-0.15, -0.1) is 0 Å². The van der Waals surface area contributed by atoms with Crippen LogP contribution in [0.25, 0.3) is 77.2 Å². The first kappa shape index (κ1) is 34.8. The average molecular weight is 770 g/mol.